The Balaban J connectivity index is 1.60. The number of halogens is 2. The van der Waals surface area contributed by atoms with Crippen LogP contribution in [0.3, 0.4) is 0 Å². The van der Waals surface area contributed by atoms with Gasteiger partial charge in [-0.3, -0.25) is 15.0 Å². The van der Waals surface area contributed by atoms with E-state index in [0.717, 1.165) is 25.3 Å². The van der Waals surface area contributed by atoms with Gasteiger partial charge in [0.1, 0.15) is 5.75 Å². The van der Waals surface area contributed by atoms with Crippen LogP contribution in [-0.2, 0) is 6.54 Å². The molecule has 3 rings (SSSR count). The van der Waals surface area contributed by atoms with Crippen molar-refractivity contribution in [2.75, 3.05) is 25.5 Å². The van der Waals surface area contributed by atoms with E-state index in [2.05, 4.69) is 27.7 Å². The van der Waals surface area contributed by atoms with Crippen molar-refractivity contribution >= 4 is 52.1 Å². The average molecular weight is 438 g/mol. The highest BCUT2D eigenvalue weighted by atomic mass is 35.5. The van der Waals surface area contributed by atoms with Crippen LogP contribution in [0.15, 0.2) is 36.4 Å². The van der Waals surface area contributed by atoms with Gasteiger partial charge in [0.25, 0.3) is 5.91 Å². The van der Waals surface area contributed by atoms with Crippen molar-refractivity contribution in [3.8, 4) is 5.75 Å². The molecule has 2 aromatic rings. The van der Waals surface area contributed by atoms with Gasteiger partial charge in [0.15, 0.2) is 5.11 Å². The Kier molecular flexibility index (Phi) is 7.13. The van der Waals surface area contributed by atoms with E-state index in [1.807, 2.05) is 12.1 Å². The number of ether oxygens (including phenoxy) is 1. The first-order valence-electron chi connectivity index (χ1n) is 8.93. The van der Waals surface area contributed by atoms with Gasteiger partial charge >= 0.3 is 0 Å². The summed E-state index contributed by atoms with van der Waals surface area (Å²) in [7, 11) is 1.44. The quantitative estimate of drug-likeness (QED) is 0.662. The van der Waals surface area contributed by atoms with Crippen LogP contribution in [0.25, 0.3) is 0 Å². The Morgan fingerprint density at radius 3 is 2.50 bits per heavy atom. The number of nitrogens with zero attached hydrogens (tertiary/aromatic N) is 1. The van der Waals surface area contributed by atoms with Crippen LogP contribution in [0.4, 0.5) is 5.69 Å². The molecule has 28 heavy (non-hydrogen) atoms. The minimum Gasteiger partial charge on any atom is -0.494 e. The lowest BCUT2D eigenvalue weighted by atomic mass is 10.2. The number of carbonyl (C=O) groups is 1. The number of anilines is 1. The molecule has 0 unspecified atom stereocenters. The SMILES string of the molecule is COc1c(Cl)cc(Cl)cc1C(=O)NC(=S)Nc1ccc(CN2CCCC2)cc1. The first kappa shape index (κ1) is 20.9. The van der Waals surface area contributed by atoms with Crippen molar-refractivity contribution in [3.63, 3.8) is 0 Å². The molecule has 0 aliphatic carbocycles. The van der Waals surface area contributed by atoms with Crippen molar-refractivity contribution in [2.24, 2.45) is 0 Å². The molecule has 148 valence electrons. The second kappa shape index (κ2) is 9.56. The smallest absolute Gasteiger partial charge is 0.261 e. The number of nitrogens with one attached hydrogen (secondary N) is 2. The summed E-state index contributed by atoms with van der Waals surface area (Å²) in [5.74, 6) is -0.206. The number of thiocarbonyl (C=S) groups is 1. The molecule has 0 saturated carbocycles. The average Bonchev–Trinajstić information content (AvgIpc) is 3.15. The third-order valence-corrected chi connectivity index (χ3v) is 5.20. The van der Waals surface area contributed by atoms with Gasteiger partial charge in [0.2, 0.25) is 0 Å². The van der Waals surface area contributed by atoms with Crippen molar-refractivity contribution in [1.29, 1.82) is 0 Å². The fourth-order valence-corrected chi connectivity index (χ4v) is 3.94. The van der Waals surface area contributed by atoms with Gasteiger partial charge in [-0.2, -0.15) is 0 Å². The summed E-state index contributed by atoms with van der Waals surface area (Å²) in [6.45, 7) is 3.27. The number of hydrogen-bond donors (Lipinski definition) is 2. The third-order valence-electron chi connectivity index (χ3n) is 4.50. The number of likely N-dealkylation sites (tertiary alicyclic amines) is 1. The highest BCUT2D eigenvalue weighted by molar-refractivity contribution is 7.80. The summed E-state index contributed by atoms with van der Waals surface area (Å²) in [6, 6.07) is 11.0. The number of benzene rings is 2. The van der Waals surface area contributed by atoms with Crippen LogP contribution >= 0.6 is 35.4 Å². The highest BCUT2D eigenvalue weighted by Gasteiger charge is 2.18. The molecule has 2 aromatic carbocycles. The number of rotatable bonds is 5. The minimum absolute atomic E-state index is 0.176. The maximum absolute atomic E-state index is 12.5. The predicted molar refractivity (Wildman–Crippen MR) is 118 cm³/mol. The molecule has 5 nitrogen and oxygen atoms in total. The highest BCUT2D eigenvalue weighted by Crippen LogP contribution is 2.32. The van der Waals surface area contributed by atoms with Gasteiger partial charge in [-0.15, -0.1) is 0 Å². The van der Waals surface area contributed by atoms with Crippen LogP contribution in [0, 0.1) is 0 Å². The molecule has 1 heterocycles. The molecule has 1 amide bonds. The van der Waals surface area contributed by atoms with Gasteiger partial charge in [-0.1, -0.05) is 35.3 Å². The van der Waals surface area contributed by atoms with Crippen molar-refractivity contribution in [2.45, 2.75) is 19.4 Å². The first-order chi connectivity index (χ1) is 13.5. The van der Waals surface area contributed by atoms with Gasteiger partial charge < -0.3 is 10.1 Å². The van der Waals surface area contributed by atoms with Crippen LogP contribution < -0.4 is 15.4 Å². The molecule has 8 heteroatoms. The summed E-state index contributed by atoms with van der Waals surface area (Å²) in [4.78, 5) is 15.0. The summed E-state index contributed by atoms with van der Waals surface area (Å²) in [5, 5.41) is 6.40. The molecule has 1 aliphatic heterocycles. The summed E-state index contributed by atoms with van der Waals surface area (Å²) in [5.41, 5.74) is 2.26. The summed E-state index contributed by atoms with van der Waals surface area (Å²) >= 11 is 17.3. The van der Waals surface area contributed by atoms with Gasteiger partial charge in [0, 0.05) is 17.3 Å². The molecule has 0 radical (unpaired) electrons. The maximum atomic E-state index is 12.5. The Hall–Kier alpha value is -1.86. The monoisotopic (exact) mass is 437 g/mol. The normalized spacial score (nSPS) is 14.0. The standard InChI is InChI=1S/C20H21Cl2N3O2S/c1-27-18-16(10-14(21)11-17(18)22)19(26)24-20(28)23-15-6-4-13(5-7-15)12-25-8-2-3-9-25/h4-7,10-11H,2-3,8-9,12H2,1H3,(H2,23,24,26,28). The molecular weight excluding hydrogens is 417 g/mol. The van der Waals surface area contributed by atoms with E-state index in [1.165, 1.54) is 37.6 Å². The van der Waals surface area contributed by atoms with Crippen molar-refractivity contribution < 1.29 is 9.53 Å². The van der Waals surface area contributed by atoms with E-state index < -0.39 is 5.91 Å². The number of methoxy groups -OCH3 is 1. The maximum Gasteiger partial charge on any atom is 0.261 e. The van der Waals surface area contributed by atoms with Crippen molar-refractivity contribution in [1.82, 2.24) is 10.2 Å². The summed E-state index contributed by atoms with van der Waals surface area (Å²) in [6.07, 6.45) is 2.55. The molecule has 0 bridgehead atoms. The Bertz CT molecular complexity index is 868. The van der Waals surface area contributed by atoms with E-state index in [0.29, 0.717) is 5.02 Å². The van der Waals surface area contributed by atoms with Crippen molar-refractivity contribution in [3.05, 3.63) is 57.6 Å². The molecule has 1 aliphatic rings. The molecule has 0 aromatic heterocycles. The molecule has 1 fully saturated rings. The zero-order valence-corrected chi connectivity index (χ0v) is 17.8. The number of carbonyl (C=O) groups excluding carboxylic acids is 1. The van der Waals surface area contributed by atoms with Crippen LogP contribution in [0.1, 0.15) is 28.8 Å². The van der Waals surface area contributed by atoms with E-state index in [4.69, 9.17) is 40.2 Å². The number of amides is 1. The summed E-state index contributed by atoms with van der Waals surface area (Å²) < 4.78 is 5.20. The van der Waals surface area contributed by atoms with E-state index >= 15 is 0 Å². The fraction of sp³-hybridized carbons (Fsp3) is 0.300. The second-order valence-corrected chi connectivity index (χ2v) is 7.81. The zero-order chi connectivity index (χ0) is 20.1. The van der Waals surface area contributed by atoms with Gasteiger partial charge in [0.05, 0.1) is 17.7 Å². The second-order valence-electron chi connectivity index (χ2n) is 6.56. The van der Waals surface area contributed by atoms with E-state index in [-0.39, 0.29) is 21.4 Å². The Labute approximate surface area is 180 Å². The molecule has 1 saturated heterocycles. The van der Waals surface area contributed by atoms with Gasteiger partial charge in [-0.25, -0.2) is 0 Å². The Morgan fingerprint density at radius 1 is 1.18 bits per heavy atom. The van der Waals surface area contributed by atoms with Crippen LogP contribution in [0.5, 0.6) is 5.75 Å². The first-order valence-corrected chi connectivity index (χ1v) is 10.1. The molecular formula is C20H21Cl2N3O2S. The largest absolute Gasteiger partial charge is 0.494 e. The van der Waals surface area contributed by atoms with E-state index in [1.54, 1.807) is 0 Å². The molecule has 2 N–H and O–H groups in total. The zero-order valence-electron chi connectivity index (χ0n) is 15.4. The Morgan fingerprint density at radius 2 is 1.86 bits per heavy atom. The van der Waals surface area contributed by atoms with Gasteiger partial charge in [-0.05, 0) is 68.0 Å². The number of hydrogen-bond acceptors (Lipinski definition) is 4. The van der Waals surface area contributed by atoms with Crippen LogP contribution in [-0.4, -0.2) is 36.1 Å². The molecule has 0 spiro atoms. The topological polar surface area (TPSA) is 53.6 Å². The van der Waals surface area contributed by atoms with E-state index in [9.17, 15) is 4.79 Å². The lowest BCUT2D eigenvalue weighted by molar-refractivity contribution is 0.0975. The molecule has 0 atom stereocenters. The van der Waals surface area contributed by atoms with Crippen LogP contribution in [0.2, 0.25) is 10.0 Å². The fourth-order valence-electron chi connectivity index (χ4n) is 3.16. The minimum atomic E-state index is -0.454. The third kappa shape index (κ3) is 5.35. The lowest BCUT2D eigenvalue weighted by Crippen LogP contribution is -2.34. The lowest BCUT2D eigenvalue weighted by Gasteiger charge is -2.15. The predicted octanol–water partition coefficient (Wildman–Crippen LogP) is 4.72.